The summed E-state index contributed by atoms with van der Waals surface area (Å²) in [5, 5.41) is 7.67. The van der Waals surface area contributed by atoms with E-state index in [4.69, 9.17) is 4.74 Å². The van der Waals surface area contributed by atoms with E-state index < -0.39 is 6.04 Å². The third kappa shape index (κ3) is 6.19. The van der Waals surface area contributed by atoms with Crippen molar-refractivity contribution in [1.29, 1.82) is 0 Å². The van der Waals surface area contributed by atoms with Gasteiger partial charge in [0.15, 0.2) is 0 Å². The summed E-state index contributed by atoms with van der Waals surface area (Å²) in [7, 11) is 1.63. The number of thiophene rings is 1. The van der Waals surface area contributed by atoms with E-state index >= 15 is 0 Å². The first-order valence-electron chi connectivity index (χ1n) is 9.44. The number of carbonyl (C=O) groups excluding carboxylic acids is 2. The van der Waals surface area contributed by atoms with Crippen LogP contribution in [-0.4, -0.2) is 31.5 Å². The van der Waals surface area contributed by atoms with Gasteiger partial charge in [0.05, 0.1) is 12.0 Å². The minimum atomic E-state index is -0.636. The van der Waals surface area contributed by atoms with Crippen molar-refractivity contribution < 1.29 is 14.3 Å². The Balaban J connectivity index is 1.60. The van der Waals surface area contributed by atoms with E-state index in [0.29, 0.717) is 24.3 Å². The van der Waals surface area contributed by atoms with Gasteiger partial charge in [0.2, 0.25) is 5.91 Å². The molecule has 0 spiro atoms. The molecule has 3 rings (SSSR count). The van der Waals surface area contributed by atoms with Gasteiger partial charge in [-0.2, -0.15) is 0 Å². The topological polar surface area (TPSA) is 67.4 Å². The van der Waals surface area contributed by atoms with Crippen molar-refractivity contribution in [2.45, 2.75) is 18.9 Å². The molecule has 2 N–H and O–H groups in total. The van der Waals surface area contributed by atoms with Gasteiger partial charge >= 0.3 is 0 Å². The molecule has 6 heteroatoms. The van der Waals surface area contributed by atoms with Crippen LogP contribution in [0, 0.1) is 0 Å². The van der Waals surface area contributed by atoms with Crippen LogP contribution >= 0.6 is 11.3 Å². The van der Waals surface area contributed by atoms with Gasteiger partial charge in [0.1, 0.15) is 11.8 Å². The Labute approximate surface area is 174 Å². The van der Waals surface area contributed by atoms with E-state index in [2.05, 4.69) is 10.6 Å². The second kappa shape index (κ2) is 10.4. The molecule has 0 bridgehead atoms. The quantitative estimate of drug-likeness (QED) is 0.570. The lowest BCUT2D eigenvalue weighted by atomic mass is 10.0. The Hall–Kier alpha value is -3.12. The summed E-state index contributed by atoms with van der Waals surface area (Å²) in [5.41, 5.74) is 2.10. The molecule has 0 unspecified atom stereocenters. The zero-order chi connectivity index (χ0) is 20.5. The smallest absolute Gasteiger partial charge is 0.262 e. The number of ether oxygens (including phenoxy) is 1. The highest BCUT2D eigenvalue weighted by Gasteiger charge is 2.22. The number of benzene rings is 2. The maximum Gasteiger partial charge on any atom is 0.262 e. The van der Waals surface area contributed by atoms with E-state index in [-0.39, 0.29) is 11.8 Å². The van der Waals surface area contributed by atoms with Crippen molar-refractivity contribution in [1.82, 2.24) is 10.6 Å². The molecule has 0 aliphatic rings. The van der Waals surface area contributed by atoms with E-state index in [1.807, 2.05) is 66.0 Å². The van der Waals surface area contributed by atoms with Gasteiger partial charge in [-0.25, -0.2) is 0 Å². The molecule has 0 saturated carbocycles. The van der Waals surface area contributed by atoms with Gasteiger partial charge in [0, 0.05) is 13.0 Å². The zero-order valence-corrected chi connectivity index (χ0v) is 17.1. The van der Waals surface area contributed by atoms with Crippen LogP contribution < -0.4 is 15.4 Å². The first-order chi connectivity index (χ1) is 14.2. The molecule has 29 heavy (non-hydrogen) atoms. The minimum Gasteiger partial charge on any atom is -0.497 e. The molecule has 2 aromatic carbocycles. The van der Waals surface area contributed by atoms with Crippen LogP contribution in [0.5, 0.6) is 5.75 Å². The molecule has 1 atom stereocenters. The SMILES string of the molecule is COc1ccc(CCNC(=O)[C@H](Cc2ccccc2)NC(=O)c2cccs2)cc1. The van der Waals surface area contributed by atoms with Gasteiger partial charge in [-0.1, -0.05) is 48.5 Å². The fourth-order valence-electron chi connectivity index (χ4n) is 2.94. The lowest BCUT2D eigenvalue weighted by Gasteiger charge is -2.18. The molecule has 1 aromatic heterocycles. The second-order valence-electron chi connectivity index (χ2n) is 6.58. The van der Waals surface area contributed by atoms with Crippen LogP contribution in [0.1, 0.15) is 20.8 Å². The fourth-order valence-corrected chi connectivity index (χ4v) is 3.57. The van der Waals surface area contributed by atoms with Gasteiger partial charge in [-0.05, 0) is 41.1 Å². The first-order valence-corrected chi connectivity index (χ1v) is 10.3. The lowest BCUT2D eigenvalue weighted by Crippen LogP contribution is -2.48. The molecule has 0 radical (unpaired) electrons. The van der Waals surface area contributed by atoms with E-state index in [1.54, 1.807) is 13.2 Å². The van der Waals surface area contributed by atoms with Gasteiger partial charge in [-0.3, -0.25) is 9.59 Å². The van der Waals surface area contributed by atoms with Crippen molar-refractivity contribution in [2.24, 2.45) is 0 Å². The molecule has 3 aromatic rings. The molecule has 0 aliphatic heterocycles. The monoisotopic (exact) mass is 408 g/mol. The molecule has 150 valence electrons. The van der Waals surface area contributed by atoms with Crippen LogP contribution in [0.3, 0.4) is 0 Å². The maximum absolute atomic E-state index is 12.8. The average molecular weight is 409 g/mol. The highest BCUT2D eigenvalue weighted by molar-refractivity contribution is 7.12. The number of hydrogen-bond acceptors (Lipinski definition) is 4. The Kier molecular flexibility index (Phi) is 7.41. The predicted molar refractivity (Wildman–Crippen MR) is 115 cm³/mol. The Bertz CT molecular complexity index is 909. The summed E-state index contributed by atoms with van der Waals surface area (Å²) in [6.07, 6.45) is 1.14. The summed E-state index contributed by atoms with van der Waals surface area (Å²) in [4.78, 5) is 25.9. The van der Waals surface area contributed by atoms with Crippen LogP contribution in [0.25, 0.3) is 0 Å². The van der Waals surface area contributed by atoms with Gasteiger partial charge < -0.3 is 15.4 Å². The largest absolute Gasteiger partial charge is 0.497 e. The summed E-state index contributed by atoms with van der Waals surface area (Å²) in [5.74, 6) is 0.385. The van der Waals surface area contributed by atoms with Gasteiger partial charge in [0.25, 0.3) is 5.91 Å². The highest BCUT2D eigenvalue weighted by Crippen LogP contribution is 2.12. The Morgan fingerprint density at radius 1 is 0.966 bits per heavy atom. The van der Waals surface area contributed by atoms with E-state index in [0.717, 1.165) is 16.9 Å². The van der Waals surface area contributed by atoms with Crippen molar-refractivity contribution in [3.05, 3.63) is 88.1 Å². The Morgan fingerprint density at radius 2 is 1.72 bits per heavy atom. The van der Waals surface area contributed by atoms with Crippen LogP contribution in [-0.2, 0) is 17.6 Å². The third-order valence-corrected chi connectivity index (χ3v) is 5.39. The number of amides is 2. The predicted octanol–water partition coefficient (Wildman–Crippen LogP) is 3.46. The third-order valence-electron chi connectivity index (χ3n) is 4.52. The Morgan fingerprint density at radius 3 is 2.38 bits per heavy atom. The number of carbonyl (C=O) groups is 2. The van der Waals surface area contributed by atoms with Gasteiger partial charge in [-0.15, -0.1) is 11.3 Å². The molecule has 5 nitrogen and oxygen atoms in total. The summed E-state index contributed by atoms with van der Waals surface area (Å²) in [6, 6.07) is 20.4. The van der Waals surface area contributed by atoms with E-state index in [1.165, 1.54) is 11.3 Å². The maximum atomic E-state index is 12.8. The standard InChI is InChI=1S/C23H24N2O3S/c1-28-19-11-9-17(10-12-19)13-14-24-22(26)20(16-18-6-3-2-4-7-18)25-23(27)21-8-5-15-29-21/h2-12,15,20H,13-14,16H2,1H3,(H,24,26)(H,25,27)/t20-/m0/s1. The molecule has 0 fully saturated rings. The summed E-state index contributed by atoms with van der Waals surface area (Å²) in [6.45, 7) is 0.491. The molecule has 0 aliphatic carbocycles. The summed E-state index contributed by atoms with van der Waals surface area (Å²) >= 11 is 1.36. The number of hydrogen-bond donors (Lipinski definition) is 2. The first kappa shape index (κ1) is 20.6. The number of methoxy groups -OCH3 is 1. The molecule has 1 heterocycles. The van der Waals surface area contributed by atoms with E-state index in [9.17, 15) is 9.59 Å². The fraction of sp³-hybridized carbons (Fsp3) is 0.217. The highest BCUT2D eigenvalue weighted by atomic mass is 32.1. The van der Waals surface area contributed by atoms with Crippen LogP contribution in [0.2, 0.25) is 0 Å². The van der Waals surface area contributed by atoms with Crippen LogP contribution in [0.4, 0.5) is 0 Å². The minimum absolute atomic E-state index is 0.188. The molecule has 0 saturated heterocycles. The molecule has 2 amide bonds. The normalized spacial score (nSPS) is 11.5. The molecular weight excluding hydrogens is 384 g/mol. The summed E-state index contributed by atoms with van der Waals surface area (Å²) < 4.78 is 5.16. The number of rotatable bonds is 9. The van der Waals surface area contributed by atoms with Crippen LogP contribution in [0.15, 0.2) is 72.1 Å². The zero-order valence-electron chi connectivity index (χ0n) is 16.3. The number of nitrogens with one attached hydrogen (secondary N) is 2. The molecular formula is C23H24N2O3S. The average Bonchev–Trinajstić information content (AvgIpc) is 3.29. The van der Waals surface area contributed by atoms with Crippen molar-refractivity contribution in [2.75, 3.05) is 13.7 Å². The van der Waals surface area contributed by atoms with Crippen molar-refractivity contribution in [3.8, 4) is 5.75 Å². The second-order valence-corrected chi connectivity index (χ2v) is 7.53. The lowest BCUT2D eigenvalue weighted by molar-refractivity contribution is -0.122. The van der Waals surface area contributed by atoms with Crippen molar-refractivity contribution >= 4 is 23.2 Å². The van der Waals surface area contributed by atoms with Crippen molar-refractivity contribution in [3.63, 3.8) is 0 Å².